The first-order valence-electron chi connectivity index (χ1n) is 14.1. The number of carboxylic acids is 1. The summed E-state index contributed by atoms with van der Waals surface area (Å²) in [7, 11) is 0. The fourth-order valence-corrected chi connectivity index (χ4v) is 5.20. The van der Waals surface area contributed by atoms with E-state index < -0.39 is 5.97 Å². The zero-order valence-corrected chi connectivity index (χ0v) is 23.3. The number of hydrogen-bond donors (Lipinski definition) is 1. The van der Waals surface area contributed by atoms with Crippen LogP contribution in [0, 0.1) is 0 Å². The SMILES string of the molecule is CCCCn1c(-c2ccccc2)nc(CC)c1CN(Cc1ccc(C(=O)O)cc1)Cc1ccc2c(c1)OCCO2. The number of carboxylic acid groups (broad SMARTS) is 1. The van der Waals surface area contributed by atoms with E-state index in [-0.39, 0.29) is 0 Å². The molecule has 0 saturated carbocycles. The first kappa shape index (κ1) is 27.5. The molecule has 3 aromatic carbocycles. The van der Waals surface area contributed by atoms with Crippen molar-refractivity contribution in [3.63, 3.8) is 0 Å². The van der Waals surface area contributed by atoms with Crippen molar-refractivity contribution in [2.45, 2.75) is 59.3 Å². The Hall–Kier alpha value is -4.10. The number of rotatable bonds is 12. The van der Waals surface area contributed by atoms with E-state index >= 15 is 0 Å². The van der Waals surface area contributed by atoms with Crippen molar-refractivity contribution in [1.29, 1.82) is 0 Å². The Morgan fingerprint density at radius 3 is 2.30 bits per heavy atom. The summed E-state index contributed by atoms with van der Waals surface area (Å²) in [5.41, 5.74) is 5.96. The van der Waals surface area contributed by atoms with Gasteiger partial charge in [0.15, 0.2) is 11.5 Å². The van der Waals surface area contributed by atoms with Crippen LogP contribution in [0.25, 0.3) is 11.4 Å². The van der Waals surface area contributed by atoms with Crippen LogP contribution in [0.2, 0.25) is 0 Å². The molecule has 4 aromatic rings. The minimum Gasteiger partial charge on any atom is -0.486 e. The molecular weight excluding hydrogens is 502 g/mol. The fourth-order valence-electron chi connectivity index (χ4n) is 5.20. The summed E-state index contributed by atoms with van der Waals surface area (Å²) in [6, 6.07) is 23.7. The molecule has 0 radical (unpaired) electrons. The van der Waals surface area contributed by atoms with E-state index in [1.165, 1.54) is 5.69 Å². The smallest absolute Gasteiger partial charge is 0.335 e. The van der Waals surface area contributed by atoms with Crippen LogP contribution in [-0.2, 0) is 32.6 Å². The monoisotopic (exact) mass is 539 g/mol. The highest BCUT2D eigenvalue weighted by Crippen LogP contribution is 2.32. The number of hydrogen-bond acceptors (Lipinski definition) is 5. The van der Waals surface area contributed by atoms with Gasteiger partial charge in [0.1, 0.15) is 19.0 Å². The first-order chi connectivity index (χ1) is 19.6. The van der Waals surface area contributed by atoms with E-state index in [4.69, 9.17) is 14.5 Å². The average molecular weight is 540 g/mol. The van der Waals surface area contributed by atoms with Gasteiger partial charge in [0, 0.05) is 31.7 Å². The number of aromatic nitrogens is 2. The standard InChI is InChI=1S/C33H37N3O4/c1-3-5-17-36-29(28(4-2)34-32(36)26-9-7-6-8-10-26)23-35(21-24-11-14-27(15-12-24)33(37)38)22-25-13-16-30-31(20-25)40-19-18-39-30/h6-16,20H,3-5,17-19,21-23H2,1-2H3,(H,37,38). The first-order valence-corrected chi connectivity index (χ1v) is 14.1. The van der Waals surface area contributed by atoms with E-state index in [0.717, 1.165) is 65.5 Å². The molecule has 40 heavy (non-hydrogen) atoms. The molecule has 0 fully saturated rings. The molecule has 1 aliphatic heterocycles. The van der Waals surface area contributed by atoms with Crippen molar-refractivity contribution in [2.75, 3.05) is 13.2 Å². The molecule has 1 aliphatic rings. The minimum atomic E-state index is -0.916. The molecule has 0 amide bonds. The minimum absolute atomic E-state index is 0.292. The van der Waals surface area contributed by atoms with Crippen molar-refractivity contribution in [3.8, 4) is 22.9 Å². The fraction of sp³-hybridized carbons (Fsp3) is 0.333. The number of aromatic carboxylic acids is 1. The summed E-state index contributed by atoms with van der Waals surface area (Å²) in [6.45, 7) is 8.48. The lowest BCUT2D eigenvalue weighted by Gasteiger charge is -2.25. The quantitative estimate of drug-likeness (QED) is 0.219. The Morgan fingerprint density at radius 2 is 1.60 bits per heavy atom. The van der Waals surface area contributed by atoms with Gasteiger partial charge in [0.2, 0.25) is 0 Å². The highest BCUT2D eigenvalue weighted by atomic mass is 16.6. The summed E-state index contributed by atoms with van der Waals surface area (Å²) in [4.78, 5) is 18.9. The second kappa shape index (κ2) is 12.8. The van der Waals surface area contributed by atoms with Gasteiger partial charge in [-0.15, -0.1) is 0 Å². The van der Waals surface area contributed by atoms with Gasteiger partial charge in [-0.3, -0.25) is 4.90 Å². The van der Waals surface area contributed by atoms with Crippen LogP contribution < -0.4 is 9.47 Å². The zero-order valence-electron chi connectivity index (χ0n) is 23.3. The molecule has 0 bridgehead atoms. The second-order valence-electron chi connectivity index (χ2n) is 10.2. The normalized spacial score (nSPS) is 12.6. The summed E-state index contributed by atoms with van der Waals surface area (Å²) >= 11 is 0. The number of unbranched alkanes of at least 4 members (excludes halogenated alkanes) is 1. The average Bonchev–Trinajstić information content (AvgIpc) is 3.33. The molecule has 0 saturated heterocycles. The van der Waals surface area contributed by atoms with Crippen LogP contribution in [-0.4, -0.2) is 38.7 Å². The van der Waals surface area contributed by atoms with Gasteiger partial charge in [-0.2, -0.15) is 0 Å². The van der Waals surface area contributed by atoms with Crippen LogP contribution in [0.1, 0.15) is 59.6 Å². The van der Waals surface area contributed by atoms with Gasteiger partial charge in [0.05, 0.1) is 17.0 Å². The number of imidazole rings is 1. The van der Waals surface area contributed by atoms with Gasteiger partial charge in [-0.25, -0.2) is 9.78 Å². The zero-order chi connectivity index (χ0) is 27.9. The predicted octanol–water partition coefficient (Wildman–Crippen LogP) is 6.58. The maximum Gasteiger partial charge on any atom is 0.335 e. The predicted molar refractivity (Wildman–Crippen MR) is 156 cm³/mol. The topological polar surface area (TPSA) is 76.8 Å². The second-order valence-corrected chi connectivity index (χ2v) is 10.2. The lowest BCUT2D eigenvalue weighted by Crippen LogP contribution is -2.25. The summed E-state index contributed by atoms with van der Waals surface area (Å²) in [5, 5.41) is 9.36. The Kier molecular flexibility index (Phi) is 8.81. The molecule has 5 rings (SSSR count). The third-order valence-electron chi connectivity index (χ3n) is 7.25. The number of aryl methyl sites for hydroxylation is 1. The van der Waals surface area contributed by atoms with E-state index in [1.807, 2.05) is 24.3 Å². The van der Waals surface area contributed by atoms with Crippen LogP contribution in [0.3, 0.4) is 0 Å². The van der Waals surface area contributed by atoms with E-state index in [1.54, 1.807) is 12.1 Å². The molecule has 7 nitrogen and oxygen atoms in total. The maximum atomic E-state index is 11.4. The third-order valence-corrected chi connectivity index (χ3v) is 7.25. The van der Waals surface area contributed by atoms with Gasteiger partial charge >= 0.3 is 5.97 Å². The van der Waals surface area contributed by atoms with E-state index in [2.05, 4.69) is 59.7 Å². The lowest BCUT2D eigenvalue weighted by molar-refractivity contribution is 0.0697. The molecule has 0 unspecified atom stereocenters. The van der Waals surface area contributed by atoms with Crippen LogP contribution >= 0.6 is 0 Å². The number of carbonyl (C=O) groups is 1. The van der Waals surface area contributed by atoms with Crippen molar-refractivity contribution in [2.24, 2.45) is 0 Å². The number of benzene rings is 3. The Bertz CT molecular complexity index is 1430. The van der Waals surface area contributed by atoms with Crippen molar-refractivity contribution in [3.05, 3.63) is 101 Å². The molecule has 2 heterocycles. The van der Waals surface area contributed by atoms with Gasteiger partial charge < -0.3 is 19.1 Å². The molecular formula is C33H37N3O4. The third kappa shape index (κ3) is 6.37. The van der Waals surface area contributed by atoms with E-state index in [9.17, 15) is 9.90 Å². The van der Waals surface area contributed by atoms with Crippen LogP contribution in [0.15, 0.2) is 72.8 Å². The van der Waals surface area contributed by atoms with E-state index in [0.29, 0.717) is 38.4 Å². The Morgan fingerprint density at radius 1 is 0.900 bits per heavy atom. The van der Waals surface area contributed by atoms with Gasteiger partial charge in [-0.1, -0.05) is 68.8 Å². The van der Waals surface area contributed by atoms with Crippen molar-refractivity contribution < 1.29 is 19.4 Å². The molecule has 7 heteroatoms. The van der Waals surface area contributed by atoms with Gasteiger partial charge in [0.25, 0.3) is 0 Å². The summed E-state index contributed by atoms with van der Waals surface area (Å²) in [6.07, 6.45) is 3.02. The number of ether oxygens (including phenoxy) is 2. The van der Waals surface area contributed by atoms with Crippen molar-refractivity contribution >= 4 is 5.97 Å². The molecule has 1 aromatic heterocycles. The van der Waals surface area contributed by atoms with Crippen LogP contribution in [0.4, 0.5) is 0 Å². The largest absolute Gasteiger partial charge is 0.486 e. The molecule has 0 spiro atoms. The van der Waals surface area contributed by atoms with Crippen LogP contribution in [0.5, 0.6) is 11.5 Å². The molecule has 0 atom stereocenters. The highest BCUT2D eigenvalue weighted by molar-refractivity contribution is 5.87. The summed E-state index contributed by atoms with van der Waals surface area (Å²) in [5.74, 6) is 1.67. The highest BCUT2D eigenvalue weighted by Gasteiger charge is 2.21. The maximum absolute atomic E-state index is 11.4. The Balaban J connectivity index is 1.50. The molecule has 208 valence electrons. The number of fused-ring (bicyclic) bond motifs is 1. The van der Waals surface area contributed by atoms with Gasteiger partial charge in [-0.05, 0) is 48.2 Å². The lowest BCUT2D eigenvalue weighted by atomic mass is 10.1. The van der Waals surface area contributed by atoms with Crippen molar-refractivity contribution in [1.82, 2.24) is 14.5 Å². The Labute approximate surface area is 236 Å². The molecule has 0 aliphatic carbocycles. The summed E-state index contributed by atoms with van der Waals surface area (Å²) < 4.78 is 14.0. The molecule has 1 N–H and O–H groups in total. The number of nitrogens with zero attached hydrogens (tertiary/aromatic N) is 3.